The first-order valence-electron chi connectivity index (χ1n) is 10.1. The number of hydrogen-bond acceptors (Lipinski definition) is 2. The smallest absolute Gasteiger partial charge is 0.308 e. The highest BCUT2D eigenvalue weighted by Gasteiger charge is 2.59. The third-order valence-corrected chi connectivity index (χ3v) is 7.61. The van der Waals surface area contributed by atoms with E-state index in [9.17, 15) is 4.79 Å². The largest absolute Gasteiger partial charge is 0.469 e. The van der Waals surface area contributed by atoms with Gasteiger partial charge in [0.05, 0.1) is 13.0 Å². The van der Waals surface area contributed by atoms with Crippen molar-refractivity contribution in [2.45, 2.75) is 86.5 Å². The Morgan fingerprint density at radius 2 is 2.00 bits per heavy atom. The number of carbonyl (C=O) groups is 1. The summed E-state index contributed by atoms with van der Waals surface area (Å²) in [5.41, 5.74) is 5.05. The molecule has 0 spiro atoms. The molecule has 25 heavy (non-hydrogen) atoms. The molecule has 2 aliphatic carbocycles. The van der Waals surface area contributed by atoms with Gasteiger partial charge in [-0.25, -0.2) is 0 Å². The van der Waals surface area contributed by atoms with Crippen molar-refractivity contribution in [3.8, 4) is 0 Å². The Morgan fingerprint density at radius 3 is 2.56 bits per heavy atom. The van der Waals surface area contributed by atoms with Gasteiger partial charge in [-0.2, -0.15) is 0 Å². The normalized spacial score (nSPS) is 33.0. The number of esters is 1. The molecule has 0 radical (unpaired) electrons. The van der Waals surface area contributed by atoms with Crippen LogP contribution in [0.25, 0.3) is 0 Å². The van der Waals surface area contributed by atoms with Gasteiger partial charge in [-0.15, -0.1) is 0 Å². The molecule has 0 aliphatic heterocycles. The van der Waals surface area contributed by atoms with Gasteiger partial charge in [-0.3, -0.25) is 4.79 Å². The fourth-order valence-corrected chi connectivity index (χ4v) is 6.01. The molecule has 1 fully saturated rings. The van der Waals surface area contributed by atoms with Crippen molar-refractivity contribution in [3.05, 3.63) is 22.8 Å². The minimum absolute atomic E-state index is 0.00181. The molecule has 0 bridgehead atoms. The van der Waals surface area contributed by atoms with Crippen LogP contribution in [-0.2, 0) is 9.53 Å². The third-order valence-electron chi connectivity index (χ3n) is 7.61. The lowest BCUT2D eigenvalue weighted by Crippen LogP contribution is -2.45. The summed E-state index contributed by atoms with van der Waals surface area (Å²) in [6.45, 7) is 13.8. The molecule has 2 rings (SSSR count). The summed E-state index contributed by atoms with van der Waals surface area (Å²) in [5, 5.41) is 0. The number of rotatable bonds is 6. The fourth-order valence-electron chi connectivity index (χ4n) is 6.01. The van der Waals surface area contributed by atoms with Gasteiger partial charge in [0, 0.05) is 0 Å². The predicted molar refractivity (Wildman–Crippen MR) is 105 cm³/mol. The highest BCUT2D eigenvalue weighted by Crippen LogP contribution is 2.67. The fraction of sp³-hybridized carbons (Fsp3) is 0.783. The average molecular weight is 347 g/mol. The summed E-state index contributed by atoms with van der Waals surface area (Å²) in [7, 11) is 1.55. The van der Waals surface area contributed by atoms with Gasteiger partial charge in [0.1, 0.15) is 0 Å². The van der Waals surface area contributed by atoms with Gasteiger partial charge < -0.3 is 4.74 Å². The predicted octanol–water partition coefficient (Wildman–Crippen LogP) is 6.46. The van der Waals surface area contributed by atoms with Crippen molar-refractivity contribution >= 4 is 5.97 Å². The molecule has 4 atom stereocenters. The Morgan fingerprint density at radius 1 is 1.32 bits per heavy atom. The molecule has 4 unspecified atom stereocenters. The van der Waals surface area contributed by atoms with Gasteiger partial charge in [0.25, 0.3) is 0 Å². The molecule has 0 aromatic rings. The molecular formula is C23H38O2. The van der Waals surface area contributed by atoms with Gasteiger partial charge >= 0.3 is 5.97 Å². The van der Waals surface area contributed by atoms with E-state index in [2.05, 4.69) is 47.6 Å². The Labute approximate surface area is 155 Å². The quantitative estimate of drug-likeness (QED) is 0.407. The summed E-state index contributed by atoms with van der Waals surface area (Å²) >= 11 is 0. The standard InChI is InChI=1S/C23H38O2/c1-8-19-17(4)12-14-23(6)20(13-15-22(19,23)5)18(21(24)25-7)11-9-10-16(2)3/h10,18,20H,8-9,11-15H2,1-7H3. The zero-order valence-electron chi connectivity index (χ0n) is 17.5. The lowest BCUT2D eigenvalue weighted by Gasteiger charge is -2.51. The van der Waals surface area contributed by atoms with E-state index in [1.54, 1.807) is 18.3 Å². The van der Waals surface area contributed by atoms with Crippen molar-refractivity contribution in [3.63, 3.8) is 0 Å². The van der Waals surface area contributed by atoms with Gasteiger partial charge in [0.15, 0.2) is 0 Å². The molecule has 2 aliphatic rings. The molecular weight excluding hydrogens is 308 g/mol. The average Bonchev–Trinajstić information content (AvgIpc) is 2.83. The molecule has 1 saturated carbocycles. The second-order valence-corrected chi connectivity index (χ2v) is 9.00. The SMILES string of the molecule is CCC1=C(C)CCC2(C)C(C(CCC=C(C)C)C(=O)OC)CCC12C. The van der Waals surface area contributed by atoms with Gasteiger partial charge in [0.2, 0.25) is 0 Å². The maximum atomic E-state index is 12.7. The van der Waals surface area contributed by atoms with Crippen LogP contribution < -0.4 is 0 Å². The summed E-state index contributed by atoms with van der Waals surface area (Å²) in [6, 6.07) is 0. The first-order valence-corrected chi connectivity index (χ1v) is 10.1. The van der Waals surface area contributed by atoms with E-state index in [0.717, 1.165) is 25.7 Å². The van der Waals surface area contributed by atoms with Crippen LogP contribution in [0.5, 0.6) is 0 Å². The summed E-state index contributed by atoms with van der Waals surface area (Å²) in [5.74, 6) is 0.469. The van der Waals surface area contributed by atoms with Crippen LogP contribution in [-0.4, -0.2) is 13.1 Å². The van der Waals surface area contributed by atoms with E-state index in [4.69, 9.17) is 4.74 Å². The van der Waals surface area contributed by atoms with Gasteiger partial charge in [-0.1, -0.05) is 43.6 Å². The molecule has 142 valence electrons. The first-order chi connectivity index (χ1) is 11.7. The maximum absolute atomic E-state index is 12.7. The molecule has 2 heteroatoms. The first kappa shape index (κ1) is 20.3. The van der Waals surface area contributed by atoms with Crippen LogP contribution >= 0.6 is 0 Å². The molecule has 0 N–H and O–H groups in total. The minimum atomic E-state index is 0.00181. The van der Waals surface area contributed by atoms with Crippen LogP contribution in [0, 0.1) is 22.7 Å². The number of methoxy groups -OCH3 is 1. The summed E-state index contributed by atoms with van der Waals surface area (Å²) in [4.78, 5) is 12.7. The van der Waals surface area contributed by atoms with Crippen molar-refractivity contribution in [2.24, 2.45) is 22.7 Å². The number of hydrogen-bond donors (Lipinski definition) is 0. The van der Waals surface area contributed by atoms with E-state index in [1.807, 2.05) is 0 Å². The topological polar surface area (TPSA) is 26.3 Å². The van der Waals surface area contributed by atoms with Crippen LogP contribution in [0.3, 0.4) is 0 Å². The molecule has 0 amide bonds. The van der Waals surface area contributed by atoms with E-state index in [1.165, 1.54) is 24.8 Å². The van der Waals surface area contributed by atoms with Crippen molar-refractivity contribution in [2.75, 3.05) is 7.11 Å². The van der Waals surface area contributed by atoms with Crippen LogP contribution in [0.15, 0.2) is 22.8 Å². The number of allylic oxidation sites excluding steroid dienone is 4. The third kappa shape index (κ3) is 3.46. The second kappa shape index (κ2) is 7.68. The van der Waals surface area contributed by atoms with Crippen molar-refractivity contribution in [1.82, 2.24) is 0 Å². The van der Waals surface area contributed by atoms with Crippen LogP contribution in [0.4, 0.5) is 0 Å². The van der Waals surface area contributed by atoms with E-state index in [-0.39, 0.29) is 22.7 Å². The van der Waals surface area contributed by atoms with E-state index in [0.29, 0.717) is 5.92 Å². The Bertz CT molecular complexity index is 567. The Balaban J connectivity index is 2.34. The molecule has 0 aromatic heterocycles. The highest BCUT2D eigenvalue weighted by atomic mass is 16.5. The summed E-state index contributed by atoms with van der Waals surface area (Å²) < 4.78 is 5.24. The monoisotopic (exact) mass is 346 g/mol. The summed E-state index contributed by atoms with van der Waals surface area (Å²) in [6.07, 6.45) is 10.1. The maximum Gasteiger partial charge on any atom is 0.308 e. The van der Waals surface area contributed by atoms with E-state index < -0.39 is 0 Å². The Hall–Kier alpha value is -1.05. The second-order valence-electron chi connectivity index (χ2n) is 9.00. The molecule has 2 nitrogen and oxygen atoms in total. The van der Waals surface area contributed by atoms with E-state index >= 15 is 0 Å². The lowest BCUT2D eigenvalue weighted by molar-refractivity contribution is -0.150. The van der Waals surface area contributed by atoms with Gasteiger partial charge in [-0.05, 0) is 82.5 Å². The zero-order chi connectivity index (χ0) is 18.8. The Kier molecular flexibility index (Phi) is 6.22. The number of ether oxygens (including phenoxy) is 1. The number of carbonyl (C=O) groups excluding carboxylic acids is 1. The van der Waals surface area contributed by atoms with Crippen molar-refractivity contribution < 1.29 is 9.53 Å². The minimum Gasteiger partial charge on any atom is -0.469 e. The molecule has 0 heterocycles. The van der Waals surface area contributed by atoms with Crippen LogP contribution in [0.1, 0.15) is 86.5 Å². The highest BCUT2D eigenvalue weighted by molar-refractivity contribution is 5.73. The lowest BCUT2D eigenvalue weighted by atomic mass is 9.53. The number of fused-ring (bicyclic) bond motifs is 1. The molecule has 0 saturated heterocycles. The zero-order valence-corrected chi connectivity index (χ0v) is 17.5. The van der Waals surface area contributed by atoms with Crippen molar-refractivity contribution in [1.29, 1.82) is 0 Å². The molecule has 0 aromatic carbocycles. The van der Waals surface area contributed by atoms with Crippen LogP contribution in [0.2, 0.25) is 0 Å².